The van der Waals surface area contributed by atoms with Crippen LogP contribution in [-0.2, 0) is 0 Å². The minimum atomic E-state index is 0.606. The minimum absolute atomic E-state index is 0.606. The Morgan fingerprint density at radius 3 is 2.47 bits per heavy atom. The highest BCUT2D eigenvalue weighted by molar-refractivity contribution is 9.10. The first-order valence-electron chi connectivity index (χ1n) is 5.34. The van der Waals surface area contributed by atoms with Gasteiger partial charge in [0.2, 0.25) is 0 Å². The highest BCUT2D eigenvalue weighted by atomic mass is 79.9. The van der Waals surface area contributed by atoms with E-state index in [1.807, 2.05) is 36.5 Å². The Hall–Kier alpha value is -1.55. The number of halogens is 1. The van der Waals surface area contributed by atoms with Crippen LogP contribution in [0.3, 0.4) is 0 Å². The number of aromatic nitrogens is 1. The molecule has 0 radical (unpaired) electrons. The Kier molecular flexibility index (Phi) is 2.73. The number of benzene rings is 1. The second-order valence-corrected chi connectivity index (χ2v) is 4.54. The van der Waals surface area contributed by atoms with Crippen LogP contribution in [0, 0.1) is 0 Å². The number of pyridine rings is 1. The summed E-state index contributed by atoms with van der Waals surface area (Å²) in [4.78, 5) is 4.21. The zero-order valence-corrected chi connectivity index (χ0v) is 10.6. The van der Waals surface area contributed by atoms with E-state index in [4.69, 9.17) is 9.47 Å². The molecule has 2 aromatic rings. The molecule has 1 aliphatic rings. The van der Waals surface area contributed by atoms with Gasteiger partial charge in [-0.05, 0) is 39.7 Å². The molecule has 86 valence electrons. The molecule has 0 N–H and O–H groups in total. The summed E-state index contributed by atoms with van der Waals surface area (Å²) in [6.07, 6.45) is 1.83. The topological polar surface area (TPSA) is 31.4 Å². The van der Waals surface area contributed by atoms with Crippen LogP contribution in [0.2, 0.25) is 0 Å². The average Bonchev–Trinajstić information content (AvgIpc) is 2.39. The van der Waals surface area contributed by atoms with Gasteiger partial charge in [0.25, 0.3) is 0 Å². The summed E-state index contributed by atoms with van der Waals surface area (Å²) in [5.74, 6) is 1.61. The van der Waals surface area contributed by atoms with Crippen molar-refractivity contribution in [2.45, 2.75) is 0 Å². The first-order chi connectivity index (χ1) is 8.33. The highest BCUT2D eigenvalue weighted by Gasteiger charge is 2.12. The van der Waals surface area contributed by atoms with Gasteiger partial charge in [-0.3, -0.25) is 0 Å². The van der Waals surface area contributed by atoms with Crippen molar-refractivity contribution in [2.75, 3.05) is 13.2 Å². The molecule has 17 heavy (non-hydrogen) atoms. The molecule has 0 fully saturated rings. The van der Waals surface area contributed by atoms with Crippen LogP contribution in [0.5, 0.6) is 11.5 Å². The molecule has 0 aliphatic carbocycles. The fraction of sp³-hybridized carbons (Fsp3) is 0.154. The fourth-order valence-electron chi connectivity index (χ4n) is 1.77. The number of hydrogen-bond donors (Lipinski definition) is 0. The quantitative estimate of drug-likeness (QED) is 0.756. The highest BCUT2D eigenvalue weighted by Crippen LogP contribution is 2.34. The third-order valence-electron chi connectivity index (χ3n) is 2.60. The van der Waals surface area contributed by atoms with E-state index in [2.05, 4.69) is 20.9 Å². The normalized spacial score (nSPS) is 13.5. The van der Waals surface area contributed by atoms with Crippen molar-refractivity contribution in [1.82, 2.24) is 4.98 Å². The van der Waals surface area contributed by atoms with Crippen LogP contribution < -0.4 is 9.47 Å². The molecule has 2 heterocycles. The van der Waals surface area contributed by atoms with Crippen molar-refractivity contribution in [3.63, 3.8) is 0 Å². The molecule has 0 atom stereocenters. The average molecular weight is 292 g/mol. The summed E-state index contributed by atoms with van der Waals surface area (Å²) < 4.78 is 11.9. The molecule has 0 amide bonds. The standard InChI is InChI=1S/C13H10BrNO2/c14-13-4-2-10(8-15-13)9-1-3-11-12(7-9)17-6-5-16-11/h1-4,7-8H,5-6H2. The van der Waals surface area contributed by atoms with E-state index in [9.17, 15) is 0 Å². The molecule has 3 nitrogen and oxygen atoms in total. The van der Waals surface area contributed by atoms with Gasteiger partial charge in [-0.1, -0.05) is 12.1 Å². The summed E-state index contributed by atoms with van der Waals surface area (Å²) >= 11 is 3.32. The Balaban J connectivity index is 2.01. The van der Waals surface area contributed by atoms with E-state index in [1.165, 1.54) is 0 Å². The van der Waals surface area contributed by atoms with Gasteiger partial charge in [-0.15, -0.1) is 0 Å². The van der Waals surface area contributed by atoms with Crippen LogP contribution >= 0.6 is 15.9 Å². The van der Waals surface area contributed by atoms with E-state index in [-0.39, 0.29) is 0 Å². The fourth-order valence-corrected chi connectivity index (χ4v) is 2.00. The Morgan fingerprint density at radius 2 is 1.71 bits per heavy atom. The largest absolute Gasteiger partial charge is 0.486 e. The third-order valence-corrected chi connectivity index (χ3v) is 3.07. The smallest absolute Gasteiger partial charge is 0.161 e. The molecular weight excluding hydrogens is 282 g/mol. The van der Waals surface area contributed by atoms with Crippen molar-refractivity contribution < 1.29 is 9.47 Å². The van der Waals surface area contributed by atoms with Gasteiger partial charge in [0.15, 0.2) is 11.5 Å². The van der Waals surface area contributed by atoms with Gasteiger partial charge in [-0.2, -0.15) is 0 Å². The Bertz CT molecular complexity index is 540. The van der Waals surface area contributed by atoms with Crippen molar-refractivity contribution in [3.05, 3.63) is 41.1 Å². The molecule has 0 unspecified atom stereocenters. The van der Waals surface area contributed by atoms with Gasteiger partial charge in [0, 0.05) is 11.8 Å². The second-order valence-electron chi connectivity index (χ2n) is 3.73. The lowest BCUT2D eigenvalue weighted by Crippen LogP contribution is -2.15. The van der Waals surface area contributed by atoms with E-state index in [0.29, 0.717) is 13.2 Å². The van der Waals surface area contributed by atoms with Crippen LogP contribution in [0.1, 0.15) is 0 Å². The molecular formula is C13H10BrNO2. The summed E-state index contributed by atoms with van der Waals surface area (Å²) in [7, 11) is 0. The van der Waals surface area contributed by atoms with Crippen LogP contribution in [0.15, 0.2) is 41.1 Å². The maximum absolute atomic E-state index is 5.55. The molecule has 1 aromatic carbocycles. The van der Waals surface area contributed by atoms with E-state index < -0.39 is 0 Å². The molecule has 1 aliphatic heterocycles. The van der Waals surface area contributed by atoms with Gasteiger partial charge in [0.05, 0.1) is 0 Å². The van der Waals surface area contributed by atoms with Crippen LogP contribution in [0.4, 0.5) is 0 Å². The van der Waals surface area contributed by atoms with E-state index in [1.54, 1.807) is 0 Å². The zero-order chi connectivity index (χ0) is 11.7. The van der Waals surface area contributed by atoms with Gasteiger partial charge < -0.3 is 9.47 Å². The van der Waals surface area contributed by atoms with Crippen LogP contribution in [0.25, 0.3) is 11.1 Å². The number of nitrogens with zero attached hydrogens (tertiary/aromatic N) is 1. The zero-order valence-electron chi connectivity index (χ0n) is 9.02. The monoisotopic (exact) mass is 291 g/mol. The Morgan fingerprint density at radius 1 is 0.941 bits per heavy atom. The predicted octanol–water partition coefficient (Wildman–Crippen LogP) is 3.28. The van der Waals surface area contributed by atoms with Crippen molar-refractivity contribution in [3.8, 4) is 22.6 Å². The lowest BCUT2D eigenvalue weighted by molar-refractivity contribution is 0.171. The SMILES string of the molecule is Brc1ccc(-c2ccc3c(c2)OCCO3)cn1. The third kappa shape index (κ3) is 2.13. The van der Waals surface area contributed by atoms with Crippen molar-refractivity contribution in [1.29, 1.82) is 0 Å². The minimum Gasteiger partial charge on any atom is -0.486 e. The summed E-state index contributed by atoms with van der Waals surface area (Å²) in [6, 6.07) is 9.87. The molecule has 0 spiro atoms. The van der Waals surface area contributed by atoms with Crippen LogP contribution in [-0.4, -0.2) is 18.2 Å². The lowest BCUT2D eigenvalue weighted by Gasteiger charge is -2.18. The summed E-state index contributed by atoms with van der Waals surface area (Å²) in [5.41, 5.74) is 2.14. The predicted molar refractivity (Wildman–Crippen MR) is 68.4 cm³/mol. The molecule has 0 bridgehead atoms. The number of hydrogen-bond acceptors (Lipinski definition) is 3. The van der Waals surface area contributed by atoms with Gasteiger partial charge in [0.1, 0.15) is 17.8 Å². The maximum atomic E-state index is 5.55. The lowest BCUT2D eigenvalue weighted by atomic mass is 10.1. The Labute approximate surface area is 108 Å². The maximum Gasteiger partial charge on any atom is 0.161 e. The van der Waals surface area contributed by atoms with E-state index >= 15 is 0 Å². The van der Waals surface area contributed by atoms with Gasteiger partial charge >= 0.3 is 0 Å². The number of rotatable bonds is 1. The second kappa shape index (κ2) is 4.37. The first kappa shape index (κ1) is 10.6. The van der Waals surface area contributed by atoms with Crippen molar-refractivity contribution >= 4 is 15.9 Å². The molecule has 0 saturated heterocycles. The molecule has 3 rings (SSSR count). The first-order valence-corrected chi connectivity index (χ1v) is 6.14. The molecule has 1 aromatic heterocycles. The number of fused-ring (bicyclic) bond motifs is 1. The van der Waals surface area contributed by atoms with E-state index in [0.717, 1.165) is 27.2 Å². The molecule has 4 heteroatoms. The number of ether oxygens (including phenoxy) is 2. The summed E-state index contributed by atoms with van der Waals surface area (Å²) in [5, 5.41) is 0. The molecule has 0 saturated carbocycles. The van der Waals surface area contributed by atoms with Gasteiger partial charge in [-0.25, -0.2) is 4.98 Å². The summed E-state index contributed by atoms with van der Waals surface area (Å²) in [6.45, 7) is 1.22. The van der Waals surface area contributed by atoms with Crippen molar-refractivity contribution in [2.24, 2.45) is 0 Å².